The van der Waals surface area contributed by atoms with E-state index >= 15 is 0 Å². The van der Waals surface area contributed by atoms with Crippen molar-refractivity contribution in [3.63, 3.8) is 0 Å². The van der Waals surface area contributed by atoms with Gasteiger partial charge in [-0.3, -0.25) is 4.79 Å². The summed E-state index contributed by atoms with van der Waals surface area (Å²) >= 11 is 0. The molecule has 0 saturated carbocycles. The molecular weight excluding hydrogens is 269 g/mol. The van der Waals surface area contributed by atoms with Gasteiger partial charge in [-0.1, -0.05) is 31.6 Å². The molecule has 1 aromatic heterocycles. The largest absolute Gasteiger partial charge is 0.435 e. The minimum atomic E-state index is -4.54. The Hall–Kier alpha value is -1.85. The van der Waals surface area contributed by atoms with Gasteiger partial charge >= 0.3 is 6.18 Å². The van der Waals surface area contributed by atoms with E-state index in [9.17, 15) is 18.0 Å². The lowest BCUT2D eigenvalue weighted by molar-refractivity contribution is -0.141. The van der Waals surface area contributed by atoms with E-state index in [2.05, 4.69) is 5.10 Å². The molecule has 20 heavy (non-hydrogen) atoms. The Labute approximate surface area is 114 Å². The number of carbonyl (C=O) groups excluding carboxylic acids is 1. The van der Waals surface area contributed by atoms with Crippen LogP contribution in [-0.4, -0.2) is 15.7 Å². The van der Waals surface area contributed by atoms with Gasteiger partial charge in [-0.25, -0.2) is 0 Å². The molecule has 2 rings (SSSR count). The monoisotopic (exact) mass is 284 g/mol. The highest BCUT2D eigenvalue weighted by atomic mass is 19.4. The molecule has 108 valence electrons. The molecule has 0 atom stereocenters. The third-order valence-corrected chi connectivity index (χ3v) is 3.08. The summed E-state index contributed by atoms with van der Waals surface area (Å²) < 4.78 is 39.2. The van der Waals surface area contributed by atoms with Gasteiger partial charge < -0.3 is 0 Å². The lowest BCUT2D eigenvalue weighted by Crippen LogP contribution is -2.16. The standard InChI is InChI=1S/C14H15F3N2O/c1-2-3-8-13(20)19-11(10-6-4-5-7-10)9-12(18-19)14(15,16)17/h4-6,9H,2-3,7-8H2,1H3. The average molecular weight is 284 g/mol. The highest BCUT2D eigenvalue weighted by Gasteiger charge is 2.36. The van der Waals surface area contributed by atoms with Crippen molar-refractivity contribution in [3.8, 4) is 0 Å². The average Bonchev–Trinajstić information content (AvgIpc) is 3.02. The molecule has 0 fully saturated rings. The van der Waals surface area contributed by atoms with Crippen LogP contribution in [0.3, 0.4) is 0 Å². The van der Waals surface area contributed by atoms with Crippen LogP contribution in [0.2, 0.25) is 0 Å². The van der Waals surface area contributed by atoms with Crippen molar-refractivity contribution in [2.45, 2.75) is 38.8 Å². The van der Waals surface area contributed by atoms with Crippen LogP contribution in [0.4, 0.5) is 13.2 Å². The molecule has 6 heteroatoms. The first kappa shape index (κ1) is 14.6. The van der Waals surface area contributed by atoms with Gasteiger partial charge in [-0.2, -0.15) is 23.0 Å². The molecule has 0 bridgehead atoms. The van der Waals surface area contributed by atoms with Crippen LogP contribution in [0.5, 0.6) is 0 Å². The molecule has 0 aromatic carbocycles. The molecule has 0 radical (unpaired) electrons. The van der Waals surface area contributed by atoms with Crippen LogP contribution < -0.4 is 0 Å². The number of rotatable bonds is 4. The number of allylic oxidation sites excluding steroid dienone is 4. The zero-order valence-corrected chi connectivity index (χ0v) is 11.1. The third-order valence-electron chi connectivity index (χ3n) is 3.08. The number of alkyl halides is 3. The number of halogens is 3. The van der Waals surface area contributed by atoms with Crippen molar-refractivity contribution in [2.24, 2.45) is 0 Å². The maximum Gasteiger partial charge on any atom is 0.435 e. The summed E-state index contributed by atoms with van der Waals surface area (Å²) in [6.45, 7) is 1.92. The Morgan fingerprint density at radius 2 is 2.20 bits per heavy atom. The Morgan fingerprint density at radius 3 is 2.75 bits per heavy atom. The number of unbranched alkanes of at least 4 members (excludes halogenated alkanes) is 1. The van der Waals surface area contributed by atoms with E-state index in [1.165, 1.54) is 0 Å². The number of carbonyl (C=O) groups is 1. The Balaban J connectivity index is 2.37. The van der Waals surface area contributed by atoms with Gasteiger partial charge in [0.15, 0.2) is 5.69 Å². The zero-order valence-electron chi connectivity index (χ0n) is 11.1. The fourth-order valence-electron chi connectivity index (χ4n) is 2.01. The second kappa shape index (κ2) is 5.64. The molecular formula is C14H15F3N2O. The van der Waals surface area contributed by atoms with Crippen LogP contribution in [0.1, 0.15) is 48.8 Å². The van der Waals surface area contributed by atoms with E-state index in [1.54, 1.807) is 12.2 Å². The second-order valence-corrected chi connectivity index (χ2v) is 4.65. The van der Waals surface area contributed by atoms with Crippen molar-refractivity contribution in [1.82, 2.24) is 9.78 Å². The Bertz CT molecular complexity index is 567. The molecule has 0 aliphatic heterocycles. The van der Waals surface area contributed by atoms with E-state index in [-0.39, 0.29) is 12.1 Å². The molecule has 0 spiro atoms. The van der Waals surface area contributed by atoms with Gasteiger partial charge in [0.25, 0.3) is 0 Å². The summed E-state index contributed by atoms with van der Waals surface area (Å²) in [4.78, 5) is 12.0. The number of aromatic nitrogens is 2. The van der Waals surface area contributed by atoms with Gasteiger partial charge in [0.2, 0.25) is 5.91 Å². The van der Waals surface area contributed by atoms with Crippen molar-refractivity contribution < 1.29 is 18.0 Å². The van der Waals surface area contributed by atoms with Gasteiger partial charge in [0.05, 0.1) is 5.69 Å². The summed E-state index contributed by atoms with van der Waals surface area (Å²) in [6, 6.07) is 0.947. The summed E-state index contributed by atoms with van der Waals surface area (Å²) in [7, 11) is 0. The van der Waals surface area contributed by atoms with Crippen LogP contribution in [0.25, 0.3) is 5.57 Å². The number of hydrogen-bond donors (Lipinski definition) is 0. The van der Waals surface area contributed by atoms with Crippen molar-refractivity contribution in [2.75, 3.05) is 0 Å². The van der Waals surface area contributed by atoms with E-state index in [1.807, 2.05) is 13.0 Å². The maximum absolute atomic E-state index is 12.8. The molecule has 1 aliphatic carbocycles. The van der Waals surface area contributed by atoms with E-state index in [0.717, 1.165) is 17.2 Å². The zero-order chi connectivity index (χ0) is 14.8. The normalized spacial score (nSPS) is 14.7. The molecule has 0 amide bonds. The summed E-state index contributed by atoms with van der Waals surface area (Å²) in [5.74, 6) is -0.398. The smallest absolute Gasteiger partial charge is 0.273 e. The molecule has 0 N–H and O–H groups in total. The topological polar surface area (TPSA) is 34.9 Å². The maximum atomic E-state index is 12.8. The van der Waals surface area contributed by atoms with Gasteiger partial charge in [-0.15, -0.1) is 0 Å². The Kier molecular flexibility index (Phi) is 4.11. The molecule has 0 saturated heterocycles. The van der Waals surface area contributed by atoms with E-state index in [0.29, 0.717) is 18.4 Å². The van der Waals surface area contributed by atoms with Crippen LogP contribution in [0, 0.1) is 0 Å². The second-order valence-electron chi connectivity index (χ2n) is 4.65. The predicted molar refractivity (Wildman–Crippen MR) is 69.1 cm³/mol. The summed E-state index contributed by atoms with van der Waals surface area (Å²) in [6.07, 6.45) is 2.91. The Morgan fingerprint density at radius 1 is 1.45 bits per heavy atom. The first-order valence-corrected chi connectivity index (χ1v) is 6.50. The fraction of sp³-hybridized carbons (Fsp3) is 0.429. The number of nitrogens with zero attached hydrogens (tertiary/aromatic N) is 2. The highest BCUT2D eigenvalue weighted by molar-refractivity contribution is 5.83. The van der Waals surface area contributed by atoms with E-state index < -0.39 is 17.8 Å². The summed E-state index contributed by atoms with van der Waals surface area (Å²) in [5.41, 5.74) is -0.105. The first-order chi connectivity index (χ1) is 9.43. The van der Waals surface area contributed by atoms with Crippen molar-refractivity contribution in [1.29, 1.82) is 0 Å². The quantitative estimate of drug-likeness (QED) is 0.835. The van der Waals surface area contributed by atoms with Gasteiger partial charge in [-0.05, 0) is 24.5 Å². The van der Waals surface area contributed by atoms with Gasteiger partial charge in [0, 0.05) is 6.42 Å². The minimum Gasteiger partial charge on any atom is -0.273 e. The highest BCUT2D eigenvalue weighted by Crippen LogP contribution is 2.32. The van der Waals surface area contributed by atoms with E-state index in [4.69, 9.17) is 0 Å². The minimum absolute atomic E-state index is 0.198. The molecule has 3 nitrogen and oxygen atoms in total. The van der Waals surface area contributed by atoms with Crippen molar-refractivity contribution >= 4 is 11.5 Å². The van der Waals surface area contributed by atoms with Crippen LogP contribution in [0.15, 0.2) is 24.3 Å². The van der Waals surface area contributed by atoms with Crippen LogP contribution >= 0.6 is 0 Å². The SMILES string of the molecule is CCCCC(=O)n1nc(C(F)(F)F)cc1C1=CC=CC1. The van der Waals surface area contributed by atoms with Gasteiger partial charge in [0.1, 0.15) is 0 Å². The predicted octanol–water partition coefficient (Wildman–Crippen LogP) is 4.08. The number of hydrogen-bond acceptors (Lipinski definition) is 2. The lowest BCUT2D eigenvalue weighted by atomic mass is 10.1. The third kappa shape index (κ3) is 3.00. The molecule has 1 aliphatic rings. The lowest BCUT2D eigenvalue weighted by Gasteiger charge is -2.06. The molecule has 1 aromatic rings. The fourth-order valence-corrected chi connectivity index (χ4v) is 2.01. The first-order valence-electron chi connectivity index (χ1n) is 6.50. The molecule has 1 heterocycles. The molecule has 0 unspecified atom stereocenters. The van der Waals surface area contributed by atoms with Crippen LogP contribution in [-0.2, 0) is 6.18 Å². The summed E-state index contributed by atoms with van der Waals surface area (Å²) in [5, 5.41) is 3.45. The van der Waals surface area contributed by atoms with Crippen molar-refractivity contribution in [3.05, 3.63) is 35.7 Å².